The van der Waals surface area contributed by atoms with Gasteiger partial charge in [0.2, 0.25) is 10.9 Å². The van der Waals surface area contributed by atoms with E-state index >= 15 is 0 Å². The van der Waals surface area contributed by atoms with Crippen molar-refractivity contribution in [1.82, 2.24) is 10.2 Å². The molecule has 0 radical (unpaired) electrons. The quantitative estimate of drug-likeness (QED) is 0.348. The fourth-order valence-electron chi connectivity index (χ4n) is 4.17. The van der Waals surface area contributed by atoms with E-state index in [0.29, 0.717) is 40.4 Å². The molecule has 0 saturated heterocycles. The number of amides is 1. The van der Waals surface area contributed by atoms with Gasteiger partial charge in [-0.2, -0.15) is 0 Å². The van der Waals surface area contributed by atoms with Crippen LogP contribution < -0.4 is 15.1 Å². The molecule has 5 rings (SSSR count). The molecule has 0 spiro atoms. The molecule has 7 nitrogen and oxygen atoms in total. The minimum absolute atomic E-state index is 0.0393. The standard InChI is InChI=1S/C26H23N3O4S/c1-4-12-32-17-9-7-8-16(14-17)22-21-23(30)18-13-15(5-2)10-11-19(18)33-24(21)25(31)29(22)26-28-27-20(6-3)34-26/h4,7-11,13-14,22H,1,5-6,12H2,2-3H3. The molecular weight excluding hydrogens is 450 g/mol. The molecule has 2 aromatic heterocycles. The molecule has 0 saturated carbocycles. The van der Waals surface area contributed by atoms with Crippen LogP contribution in [0.2, 0.25) is 0 Å². The lowest BCUT2D eigenvalue weighted by atomic mass is 9.98. The minimum atomic E-state index is -0.710. The van der Waals surface area contributed by atoms with Gasteiger partial charge in [-0.15, -0.1) is 10.2 Å². The Bertz CT molecular complexity index is 1470. The van der Waals surface area contributed by atoms with Crippen LogP contribution in [0.1, 0.15) is 52.1 Å². The number of anilines is 1. The summed E-state index contributed by atoms with van der Waals surface area (Å²) in [5.74, 6) is 0.246. The predicted octanol–water partition coefficient (Wildman–Crippen LogP) is 5.08. The van der Waals surface area contributed by atoms with Crippen LogP contribution in [0.3, 0.4) is 0 Å². The van der Waals surface area contributed by atoms with E-state index in [-0.39, 0.29) is 11.2 Å². The van der Waals surface area contributed by atoms with Gasteiger partial charge in [-0.05, 0) is 48.2 Å². The van der Waals surface area contributed by atoms with Crippen LogP contribution in [0, 0.1) is 0 Å². The van der Waals surface area contributed by atoms with E-state index in [1.807, 2.05) is 50.2 Å². The molecule has 34 heavy (non-hydrogen) atoms. The van der Waals surface area contributed by atoms with Gasteiger partial charge < -0.3 is 9.15 Å². The average molecular weight is 474 g/mol. The zero-order valence-corrected chi connectivity index (χ0v) is 19.7. The van der Waals surface area contributed by atoms with Crippen molar-refractivity contribution >= 4 is 33.3 Å². The van der Waals surface area contributed by atoms with Crippen LogP contribution in [0.4, 0.5) is 5.13 Å². The monoisotopic (exact) mass is 473 g/mol. The summed E-state index contributed by atoms with van der Waals surface area (Å²) < 4.78 is 11.8. The second kappa shape index (κ2) is 8.87. The Labute approximate surface area is 200 Å². The van der Waals surface area contributed by atoms with E-state index in [1.165, 1.54) is 16.2 Å². The molecule has 0 N–H and O–H groups in total. The number of ether oxygens (including phenoxy) is 1. The van der Waals surface area contributed by atoms with Gasteiger partial charge in [-0.25, -0.2) is 0 Å². The summed E-state index contributed by atoms with van der Waals surface area (Å²) >= 11 is 1.33. The lowest BCUT2D eigenvalue weighted by molar-refractivity contribution is 0.0970. The summed E-state index contributed by atoms with van der Waals surface area (Å²) in [5, 5.41) is 10.1. The van der Waals surface area contributed by atoms with Crippen molar-refractivity contribution in [3.8, 4) is 5.75 Å². The number of rotatable bonds is 7. The Kier molecular flexibility index (Phi) is 5.75. The Morgan fingerprint density at radius 2 is 2.00 bits per heavy atom. The fraction of sp³-hybridized carbons (Fsp3) is 0.231. The number of benzene rings is 2. The topological polar surface area (TPSA) is 85.5 Å². The molecule has 0 fully saturated rings. The normalized spacial score (nSPS) is 15.1. The number of carbonyl (C=O) groups is 1. The predicted molar refractivity (Wildman–Crippen MR) is 132 cm³/mol. The highest BCUT2D eigenvalue weighted by Crippen LogP contribution is 2.42. The van der Waals surface area contributed by atoms with Gasteiger partial charge in [0.1, 0.15) is 22.9 Å². The van der Waals surface area contributed by atoms with Crippen molar-refractivity contribution in [2.24, 2.45) is 0 Å². The highest BCUT2D eigenvalue weighted by molar-refractivity contribution is 7.15. The summed E-state index contributed by atoms with van der Waals surface area (Å²) in [4.78, 5) is 29.0. The third-order valence-electron chi connectivity index (χ3n) is 5.85. The van der Waals surface area contributed by atoms with Gasteiger partial charge in [-0.3, -0.25) is 14.5 Å². The highest BCUT2D eigenvalue weighted by atomic mass is 32.1. The third-order valence-corrected chi connectivity index (χ3v) is 6.92. The van der Waals surface area contributed by atoms with Crippen LogP contribution in [0.15, 0.2) is 64.3 Å². The van der Waals surface area contributed by atoms with Crippen molar-refractivity contribution in [3.63, 3.8) is 0 Å². The maximum absolute atomic E-state index is 13.8. The lowest BCUT2D eigenvalue weighted by Crippen LogP contribution is -2.29. The molecule has 172 valence electrons. The molecular formula is C26H23N3O4S. The van der Waals surface area contributed by atoms with Gasteiger partial charge in [-0.1, -0.05) is 56.0 Å². The first-order chi connectivity index (χ1) is 16.5. The minimum Gasteiger partial charge on any atom is -0.490 e. The van der Waals surface area contributed by atoms with E-state index in [1.54, 1.807) is 12.1 Å². The molecule has 1 unspecified atom stereocenters. The summed E-state index contributed by atoms with van der Waals surface area (Å²) in [7, 11) is 0. The van der Waals surface area contributed by atoms with Gasteiger partial charge in [0.05, 0.1) is 17.0 Å². The molecule has 2 aromatic carbocycles. The number of nitrogens with zero attached hydrogens (tertiary/aromatic N) is 3. The summed E-state index contributed by atoms with van der Waals surface area (Å²) in [5.41, 5.74) is 2.23. The van der Waals surface area contributed by atoms with Crippen molar-refractivity contribution in [2.75, 3.05) is 11.5 Å². The van der Waals surface area contributed by atoms with E-state index in [9.17, 15) is 9.59 Å². The molecule has 3 heterocycles. The Hall–Kier alpha value is -3.78. The first-order valence-corrected chi connectivity index (χ1v) is 12.0. The van der Waals surface area contributed by atoms with Gasteiger partial charge in [0, 0.05) is 0 Å². The Morgan fingerprint density at radius 1 is 1.15 bits per heavy atom. The molecule has 1 aliphatic rings. The Morgan fingerprint density at radius 3 is 2.74 bits per heavy atom. The molecule has 8 heteroatoms. The third kappa shape index (κ3) is 3.60. The number of fused-ring (bicyclic) bond motifs is 2. The molecule has 4 aromatic rings. The molecule has 1 aliphatic heterocycles. The SMILES string of the molecule is C=CCOc1cccc(C2c3c(oc4ccc(CC)cc4c3=O)C(=O)N2c2nnc(CC)s2)c1. The first kappa shape index (κ1) is 22.0. The van der Waals surface area contributed by atoms with E-state index in [2.05, 4.69) is 16.8 Å². The first-order valence-electron chi connectivity index (χ1n) is 11.1. The van der Waals surface area contributed by atoms with Crippen molar-refractivity contribution in [2.45, 2.75) is 32.7 Å². The molecule has 1 amide bonds. The zero-order valence-electron chi connectivity index (χ0n) is 18.9. The van der Waals surface area contributed by atoms with E-state index in [0.717, 1.165) is 22.6 Å². The second-order valence-electron chi connectivity index (χ2n) is 7.94. The van der Waals surface area contributed by atoms with E-state index in [4.69, 9.17) is 9.15 Å². The van der Waals surface area contributed by atoms with Gasteiger partial charge in [0.25, 0.3) is 5.91 Å². The Balaban J connectivity index is 1.75. The molecule has 0 aliphatic carbocycles. The lowest BCUT2D eigenvalue weighted by Gasteiger charge is -2.22. The van der Waals surface area contributed by atoms with Crippen LogP contribution in [0.5, 0.6) is 5.75 Å². The average Bonchev–Trinajstić information content (AvgIpc) is 3.45. The number of carbonyl (C=O) groups excluding carboxylic acids is 1. The van der Waals surface area contributed by atoms with Crippen LogP contribution in [-0.2, 0) is 12.8 Å². The van der Waals surface area contributed by atoms with E-state index < -0.39 is 11.9 Å². The highest BCUT2D eigenvalue weighted by Gasteiger charge is 2.45. The number of hydrogen-bond donors (Lipinski definition) is 0. The second-order valence-corrected chi connectivity index (χ2v) is 8.98. The zero-order chi connectivity index (χ0) is 23.8. The summed E-state index contributed by atoms with van der Waals surface area (Å²) in [6, 6.07) is 12.2. The molecule has 0 bridgehead atoms. The summed E-state index contributed by atoms with van der Waals surface area (Å²) in [6.07, 6.45) is 3.14. The van der Waals surface area contributed by atoms with Crippen LogP contribution in [-0.4, -0.2) is 22.7 Å². The largest absolute Gasteiger partial charge is 0.490 e. The van der Waals surface area contributed by atoms with Crippen LogP contribution in [0.25, 0.3) is 11.0 Å². The maximum Gasteiger partial charge on any atom is 0.297 e. The van der Waals surface area contributed by atoms with Gasteiger partial charge in [0.15, 0.2) is 5.43 Å². The smallest absolute Gasteiger partial charge is 0.297 e. The van der Waals surface area contributed by atoms with Crippen LogP contribution >= 0.6 is 11.3 Å². The molecule has 1 atom stereocenters. The maximum atomic E-state index is 13.8. The fourth-order valence-corrected chi connectivity index (χ4v) is 4.97. The van der Waals surface area contributed by atoms with Crippen molar-refractivity contribution in [1.29, 1.82) is 0 Å². The van der Waals surface area contributed by atoms with Crippen molar-refractivity contribution in [3.05, 3.63) is 92.8 Å². The number of aryl methyl sites for hydroxylation is 2. The number of aromatic nitrogens is 2. The van der Waals surface area contributed by atoms with Gasteiger partial charge >= 0.3 is 0 Å². The number of hydrogen-bond acceptors (Lipinski definition) is 7. The van der Waals surface area contributed by atoms with Crippen molar-refractivity contribution < 1.29 is 13.9 Å². The summed E-state index contributed by atoms with van der Waals surface area (Å²) in [6.45, 7) is 8.04.